The molecule has 1 N–H and O–H groups in total. The Balaban J connectivity index is 0.000000200. The first-order chi connectivity index (χ1) is 13.6. The highest BCUT2D eigenvalue weighted by Gasteiger charge is 2.10. The molecule has 0 spiro atoms. The SMILES string of the molecule is C/C=C\CC(=O)NCc1ccncc1.CCC1=CSc2ccccc2C(Cl)=N1. The molecular weight excluding hydrogens is 390 g/mol. The van der Waals surface area contributed by atoms with E-state index in [1.807, 2.05) is 49.4 Å². The molecule has 3 rings (SSSR count). The number of amides is 1. The van der Waals surface area contributed by atoms with Crippen LogP contribution in [-0.2, 0) is 11.3 Å². The maximum Gasteiger partial charge on any atom is 0.224 e. The summed E-state index contributed by atoms with van der Waals surface area (Å²) in [5.41, 5.74) is 3.13. The molecule has 1 aromatic heterocycles. The predicted octanol–water partition coefficient (Wildman–Crippen LogP) is 5.69. The molecule has 2 heterocycles. The highest BCUT2D eigenvalue weighted by atomic mass is 35.5. The molecule has 4 nitrogen and oxygen atoms in total. The molecule has 2 aromatic rings. The molecule has 1 aliphatic rings. The van der Waals surface area contributed by atoms with Gasteiger partial charge < -0.3 is 5.32 Å². The number of hydrogen-bond acceptors (Lipinski definition) is 4. The lowest BCUT2D eigenvalue weighted by molar-refractivity contribution is -0.120. The van der Waals surface area contributed by atoms with Crippen LogP contribution in [0.4, 0.5) is 0 Å². The number of rotatable bonds is 5. The van der Waals surface area contributed by atoms with E-state index in [0.29, 0.717) is 18.1 Å². The van der Waals surface area contributed by atoms with Crippen LogP contribution in [0.3, 0.4) is 0 Å². The maximum absolute atomic E-state index is 11.2. The molecule has 0 saturated heterocycles. The lowest BCUT2D eigenvalue weighted by Gasteiger charge is -2.02. The second-order valence-electron chi connectivity index (χ2n) is 5.88. The minimum atomic E-state index is 0.0416. The van der Waals surface area contributed by atoms with E-state index in [-0.39, 0.29) is 5.91 Å². The number of carbonyl (C=O) groups is 1. The highest BCUT2D eigenvalue weighted by Crippen LogP contribution is 2.30. The van der Waals surface area contributed by atoms with E-state index >= 15 is 0 Å². The molecule has 0 fully saturated rings. The first-order valence-corrected chi connectivity index (χ1v) is 10.4. The van der Waals surface area contributed by atoms with Gasteiger partial charge in [-0.05, 0) is 42.5 Å². The summed E-state index contributed by atoms with van der Waals surface area (Å²) >= 11 is 7.81. The molecule has 28 heavy (non-hydrogen) atoms. The number of hydrogen-bond donors (Lipinski definition) is 1. The standard InChI is InChI=1S/C11H10ClNS.C11H14N2O/c1-2-8-7-14-10-6-4-3-5-9(10)11(12)13-8;1-2-3-4-11(14)13-9-10-5-7-12-8-6-10/h3-7H,2H2,1H3;2-3,5-8H,4,9H2,1H3,(H,13,14)/b;3-2-. The van der Waals surface area contributed by atoms with Gasteiger partial charge >= 0.3 is 0 Å². The van der Waals surface area contributed by atoms with Crippen molar-refractivity contribution in [1.29, 1.82) is 0 Å². The van der Waals surface area contributed by atoms with Gasteiger partial charge in [0.25, 0.3) is 0 Å². The zero-order valence-electron chi connectivity index (χ0n) is 16.1. The summed E-state index contributed by atoms with van der Waals surface area (Å²) in [6.07, 6.45) is 8.49. The van der Waals surface area contributed by atoms with Crippen molar-refractivity contribution < 1.29 is 4.79 Å². The van der Waals surface area contributed by atoms with Crippen molar-refractivity contribution in [2.75, 3.05) is 0 Å². The number of pyridine rings is 1. The summed E-state index contributed by atoms with van der Waals surface area (Å²) in [5, 5.41) is 5.48. The number of fused-ring (bicyclic) bond motifs is 1. The number of aromatic nitrogens is 1. The van der Waals surface area contributed by atoms with Crippen LogP contribution in [0.1, 0.15) is 37.8 Å². The second-order valence-corrected chi connectivity index (χ2v) is 7.15. The Morgan fingerprint density at radius 1 is 1.21 bits per heavy atom. The number of allylic oxidation sites excluding steroid dienone is 2. The van der Waals surface area contributed by atoms with Crippen molar-refractivity contribution in [2.45, 2.75) is 38.1 Å². The maximum atomic E-state index is 11.2. The van der Waals surface area contributed by atoms with Crippen LogP contribution >= 0.6 is 23.4 Å². The zero-order chi connectivity index (χ0) is 20.2. The number of halogens is 1. The first-order valence-electron chi connectivity index (χ1n) is 9.10. The molecule has 0 unspecified atom stereocenters. The van der Waals surface area contributed by atoms with Crippen molar-refractivity contribution >= 4 is 34.4 Å². The Hall–Kier alpha value is -2.37. The molecular formula is C22H24ClN3OS. The van der Waals surface area contributed by atoms with E-state index in [2.05, 4.69) is 33.7 Å². The monoisotopic (exact) mass is 413 g/mol. The second kappa shape index (κ2) is 12.2. The van der Waals surface area contributed by atoms with E-state index in [4.69, 9.17) is 11.6 Å². The fourth-order valence-electron chi connectivity index (χ4n) is 2.24. The van der Waals surface area contributed by atoms with Crippen LogP contribution in [-0.4, -0.2) is 16.1 Å². The van der Waals surface area contributed by atoms with Crippen molar-refractivity contribution in [3.63, 3.8) is 0 Å². The van der Waals surface area contributed by atoms with E-state index in [0.717, 1.165) is 23.2 Å². The normalized spacial score (nSPS) is 12.8. The zero-order valence-corrected chi connectivity index (χ0v) is 17.6. The van der Waals surface area contributed by atoms with Gasteiger partial charge in [-0.3, -0.25) is 9.78 Å². The van der Waals surface area contributed by atoms with Crippen molar-refractivity contribution in [3.8, 4) is 0 Å². The van der Waals surface area contributed by atoms with E-state index in [9.17, 15) is 4.79 Å². The van der Waals surface area contributed by atoms with Gasteiger partial charge in [0, 0.05) is 41.5 Å². The van der Waals surface area contributed by atoms with Crippen LogP contribution in [0.2, 0.25) is 0 Å². The smallest absolute Gasteiger partial charge is 0.224 e. The fourth-order valence-corrected chi connectivity index (χ4v) is 3.51. The summed E-state index contributed by atoms with van der Waals surface area (Å²) in [4.78, 5) is 20.6. The van der Waals surface area contributed by atoms with Crippen LogP contribution in [0.5, 0.6) is 0 Å². The molecule has 1 aromatic carbocycles. The quantitative estimate of drug-likeness (QED) is 0.640. The third-order valence-corrected chi connectivity index (χ3v) is 5.10. The topological polar surface area (TPSA) is 54.4 Å². The largest absolute Gasteiger partial charge is 0.352 e. The van der Waals surface area contributed by atoms with E-state index in [1.165, 1.54) is 4.90 Å². The summed E-state index contributed by atoms with van der Waals surface area (Å²) < 4.78 is 0. The Morgan fingerprint density at radius 3 is 2.68 bits per heavy atom. The van der Waals surface area contributed by atoms with Gasteiger partial charge in [-0.1, -0.05) is 60.6 Å². The summed E-state index contributed by atoms with van der Waals surface area (Å²) in [7, 11) is 0. The van der Waals surface area contributed by atoms with Gasteiger partial charge in [0.15, 0.2) is 0 Å². The number of thioether (sulfide) groups is 1. The third-order valence-electron chi connectivity index (χ3n) is 3.81. The molecule has 6 heteroatoms. The van der Waals surface area contributed by atoms with Gasteiger partial charge in [-0.15, -0.1) is 0 Å². The Kier molecular flexibility index (Phi) is 9.52. The average molecular weight is 414 g/mol. The molecule has 0 saturated carbocycles. The number of carbonyl (C=O) groups excluding carboxylic acids is 1. The van der Waals surface area contributed by atoms with Crippen LogP contribution < -0.4 is 5.32 Å². The summed E-state index contributed by atoms with van der Waals surface area (Å²) in [6.45, 7) is 4.55. The van der Waals surface area contributed by atoms with Gasteiger partial charge in [0.05, 0.1) is 0 Å². The molecule has 0 atom stereocenters. The van der Waals surface area contributed by atoms with Crippen LogP contribution in [0.15, 0.2) is 81.9 Å². The molecule has 0 bridgehead atoms. The molecule has 1 aliphatic heterocycles. The Bertz CT molecular complexity index is 863. The number of aliphatic imine (C=N–C) groups is 1. The first kappa shape index (κ1) is 21.9. The molecule has 1 amide bonds. The molecule has 0 radical (unpaired) electrons. The minimum Gasteiger partial charge on any atom is -0.352 e. The summed E-state index contributed by atoms with van der Waals surface area (Å²) in [5.74, 6) is 0.0416. The van der Waals surface area contributed by atoms with E-state index in [1.54, 1.807) is 24.2 Å². The Morgan fingerprint density at radius 2 is 1.96 bits per heavy atom. The van der Waals surface area contributed by atoms with Gasteiger partial charge in [-0.2, -0.15) is 0 Å². The third kappa shape index (κ3) is 7.33. The van der Waals surface area contributed by atoms with Crippen molar-refractivity contribution in [1.82, 2.24) is 10.3 Å². The van der Waals surface area contributed by atoms with Crippen molar-refractivity contribution in [2.24, 2.45) is 4.99 Å². The number of benzene rings is 1. The van der Waals surface area contributed by atoms with Crippen LogP contribution in [0.25, 0.3) is 0 Å². The molecule has 0 aliphatic carbocycles. The lowest BCUT2D eigenvalue weighted by Crippen LogP contribution is -2.21. The van der Waals surface area contributed by atoms with Gasteiger partial charge in [0.2, 0.25) is 5.91 Å². The molecule has 146 valence electrons. The van der Waals surface area contributed by atoms with Crippen LogP contribution in [0, 0.1) is 0 Å². The van der Waals surface area contributed by atoms with Gasteiger partial charge in [0.1, 0.15) is 5.17 Å². The van der Waals surface area contributed by atoms with Gasteiger partial charge in [-0.25, -0.2) is 4.99 Å². The number of nitrogens with one attached hydrogen (secondary N) is 1. The summed E-state index contributed by atoms with van der Waals surface area (Å²) in [6, 6.07) is 11.8. The highest BCUT2D eigenvalue weighted by molar-refractivity contribution is 8.02. The van der Waals surface area contributed by atoms with Crippen molar-refractivity contribution in [3.05, 3.63) is 83.2 Å². The lowest BCUT2D eigenvalue weighted by atomic mass is 10.2. The fraction of sp³-hybridized carbons (Fsp3) is 0.227. The van der Waals surface area contributed by atoms with E-state index < -0.39 is 0 Å². The minimum absolute atomic E-state index is 0.0416. The number of nitrogens with zero attached hydrogens (tertiary/aromatic N) is 2. The Labute approximate surface area is 175 Å². The average Bonchev–Trinajstić information content (AvgIpc) is 2.91. The predicted molar refractivity (Wildman–Crippen MR) is 119 cm³/mol.